The van der Waals surface area contributed by atoms with Crippen LogP contribution < -0.4 is 5.73 Å². The van der Waals surface area contributed by atoms with E-state index in [0.29, 0.717) is 12.8 Å². The first kappa shape index (κ1) is 25.2. The van der Waals surface area contributed by atoms with Gasteiger partial charge in [-0.25, -0.2) is 4.79 Å². The fourth-order valence-electron chi connectivity index (χ4n) is 2.47. The molecule has 0 heterocycles. The molecule has 0 unspecified atom stereocenters. The second kappa shape index (κ2) is 16.4. The molecule has 0 bridgehead atoms. The Labute approximate surface area is 162 Å². The molecular formula is C20H35NO6. The second-order valence-corrected chi connectivity index (χ2v) is 6.78. The number of ether oxygens (including phenoxy) is 2. The Kier molecular flexibility index (Phi) is 15.3. The normalized spacial score (nSPS) is 11.7. The number of nitrogens with two attached hydrogens (primary N) is 1. The number of carbonyl (C=O) groups excluding carboxylic acids is 4. The monoisotopic (exact) mass is 385 g/mol. The zero-order valence-corrected chi connectivity index (χ0v) is 16.8. The van der Waals surface area contributed by atoms with Gasteiger partial charge in [-0.2, -0.15) is 0 Å². The van der Waals surface area contributed by atoms with Crippen LogP contribution in [-0.4, -0.2) is 29.9 Å². The summed E-state index contributed by atoms with van der Waals surface area (Å²) in [5, 5.41) is 0. The summed E-state index contributed by atoms with van der Waals surface area (Å²) in [7, 11) is 0. The van der Waals surface area contributed by atoms with Crippen molar-refractivity contribution in [1.29, 1.82) is 0 Å². The maximum atomic E-state index is 11.7. The lowest BCUT2D eigenvalue weighted by molar-refractivity contribution is -0.166. The summed E-state index contributed by atoms with van der Waals surface area (Å²) >= 11 is 0. The zero-order chi connectivity index (χ0) is 20.5. The molecule has 0 spiro atoms. The van der Waals surface area contributed by atoms with E-state index in [1.54, 1.807) is 0 Å². The first-order valence-corrected chi connectivity index (χ1v) is 10.1. The number of hydrogen-bond acceptors (Lipinski definition) is 7. The lowest BCUT2D eigenvalue weighted by Crippen LogP contribution is -2.36. The fraction of sp³-hybridized carbons (Fsp3) is 0.800. The Morgan fingerprint density at radius 2 is 1.11 bits per heavy atom. The van der Waals surface area contributed by atoms with Crippen molar-refractivity contribution in [3.05, 3.63) is 0 Å². The van der Waals surface area contributed by atoms with Gasteiger partial charge < -0.3 is 15.2 Å². The third kappa shape index (κ3) is 15.0. The highest BCUT2D eigenvalue weighted by molar-refractivity contribution is 5.92. The van der Waals surface area contributed by atoms with Crippen LogP contribution in [0.2, 0.25) is 0 Å². The molecule has 0 aromatic heterocycles. The average molecular weight is 386 g/mol. The third-order valence-electron chi connectivity index (χ3n) is 4.10. The molecule has 0 aliphatic heterocycles. The zero-order valence-electron chi connectivity index (χ0n) is 16.8. The number of rotatable bonds is 15. The van der Waals surface area contributed by atoms with E-state index in [9.17, 15) is 19.2 Å². The molecule has 0 rings (SSSR count). The summed E-state index contributed by atoms with van der Waals surface area (Å²) in [6, 6.07) is -1.32. The van der Waals surface area contributed by atoms with E-state index in [-0.39, 0.29) is 12.8 Å². The van der Waals surface area contributed by atoms with Crippen molar-refractivity contribution < 1.29 is 28.7 Å². The molecule has 0 saturated carbocycles. The van der Waals surface area contributed by atoms with Crippen LogP contribution in [0.5, 0.6) is 0 Å². The Bertz CT molecular complexity index is 463. The Morgan fingerprint density at radius 3 is 1.59 bits per heavy atom. The molecule has 0 aliphatic carbocycles. The minimum atomic E-state index is -1.32. The Morgan fingerprint density at radius 1 is 0.667 bits per heavy atom. The minimum absolute atomic E-state index is 0.142. The summed E-state index contributed by atoms with van der Waals surface area (Å²) < 4.78 is 9.27. The molecule has 2 N–H and O–H groups in total. The van der Waals surface area contributed by atoms with Gasteiger partial charge in [0.05, 0.1) is 6.42 Å². The first-order chi connectivity index (χ1) is 12.9. The Hall–Kier alpha value is -1.76. The van der Waals surface area contributed by atoms with Crippen molar-refractivity contribution in [2.45, 2.75) is 103 Å². The van der Waals surface area contributed by atoms with Gasteiger partial charge in [-0.1, -0.05) is 65.2 Å². The summed E-state index contributed by atoms with van der Waals surface area (Å²) in [6.07, 6.45) is 9.44. The maximum absolute atomic E-state index is 11.7. The third-order valence-corrected chi connectivity index (χ3v) is 4.10. The van der Waals surface area contributed by atoms with Gasteiger partial charge >= 0.3 is 23.9 Å². The number of hydrogen-bond donors (Lipinski definition) is 1. The van der Waals surface area contributed by atoms with Crippen LogP contribution in [0.1, 0.15) is 97.3 Å². The number of unbranched alkanes of at least 4 members (excludes halogenated alkanes) is 8. The fourth-order valence-corrected chi connectivity index (χ4v) is 2.47. The molecule has 7 nitrogen and oxygen atoms in total. The summed E-state index contributed by atoms with van der Waals surface area (Å²) in [5.41, 5.74) is 5.55. The topological polar surface area (TPSA) is 113 Å². The SMILES string of the molecule is CCCCCCCC(=O)OC(=O)C[C@H](N)C(=O)OC(=O)CCCCCCC. The molecule has 7 heteroatoms. The largest absolute Gasteiger partial charge is 0.393 e. The van der Waals surface area contributed by atoms with Crippen molar-refractivity contribution in [3.63, 3.8) is 0 Å². The molecule has 0 amide bonds. The van der Waals surface area contributed by atoms with Gasteiger partial charge in [0.25, 0.3) is 0 Å². The van der Waals surface area contributed by atoms with Crippen molar-refractivity contribution in [2.24, 2.45) is 5.73 Å². The van der Waals surface area contributed by atoms with Crippen LogP contribution in [0.4, 0.5) is 0 Å². The maximum Gasteiger partial charge on any atom is 0.331 e. The van der Waals surface area contributed by atoms with Crippen LogP contribution in [0, 0.1) is 0 Å². The molecule has 0 saturated heterocycles. The van der Waals surface area contributed by atoms with E-state index >= 15 is 0 Å². The van der Waals surface area contributed by atoms with Crippen molar-refractivity contribution in [3.8, 4) is 0 Å². The van der Waals surface area contributed by atoms with Gasteiger partial charge in [0.1, 0.15) is 6.04 Å². The molecule has 0 radical (unpaired) electrons. The molecule has 156 valence electrons. The van der Waals surface area contributed by atoms with Crippen LogP contribution in [-0.2, 0) is 28.7 Å². The quantitative estimate of drug-likeness (QED) is 0.260. The van der Waals surface area contributed by atoms with E-state index < -0.39 is 36.3 Å². The average Bonchev–Trinajstić information content (AvgIpc) is 2.61. The minimum Gasteiger partial charge on any atom is -0.393 e. The molecular weight excluding hydrogens is 350 g/mol. The van der Waals surface area contributed by atoms with E-state index in [2.05, 4.69) is 23.3 Å². The summed E-state index contributed by atoms with van der Waals surface area (Å²) in [4.78, 5) is 46.5. The van der Waals surface area contributed by atoms with Gasteiger partial charge in [0.15, 0.2) is 0 Å². The van der Waals surface area contributed by atoms with Crippen LogP contribution >= 0.6 is 0 Å². The van der Waals surface area contributed by atoms with Crippen molar-refractivity contribution >= 4 is 23.9 Å². The van der Waals surface area contributed by atoms with Gasteiger partial charge in [0, 0.05) is 12.8 Å². The first-order valence-electron chi connectivity index (χ1n) is 10.1. The molecule has 0 aromatic rings. The van der Waals surface area contributed by atoms with E-state index in [1.807, 2.05) is 0 Å². The van der Waals surface area contributed by atoms with Crippen LogP contribution in [0.15, 0.2) is 0 Å². The summed E-state index contributed by atoms with van der Waals surface area (Å²) in [5.74, 6) is -3.13. The molecule has 0 aliphatic rings. The highest BCUT2D eigenvalue weighted by Crippen LogP contribution is 2.08. The van der Waals surface area contributed by atoms with Gasteiger partial charge in [0.2, 0.25) is 0 Å². The summed E-state index contributed by atoms with van der Waals surface area (Å²) in [6.45, 7) is 4.20. The molecule has 1 atom stereocenters. The van der Waals surface area contributed by atoms with Crippen LogP contribution in [0.25, 0.3) is 0 Å². The standard InChI is InChI=1S/C20H35NO6/c1-3-5-7-9-11-13-17(22)26-19(24)15-16(21)20(25)27-18(23)14-12-10-8-6-4-2/h16H,3-15,21H2,1-2H3/t16-/m0/s1. The molecule has 27 heavy (non-hydrogen) atoms. The molecule has 0 aromatic carbocycles. The van der Waals surface area contributed by atoms with Crippen molar-refractivity contribution in [2.75, 3.05) is 0 Å². The van der Waals surface area contributed by atoms with Crippen molar-refractivity contribution in [1.82, 2.24) is 0 Å². The number of carbonyl (C=O) groups is 4. The lowest BCUT2D eigenvalue weighted by atomic mass is 10.1. The highest BCUT2D eigenvalue weighted by Gasteiger charge is 2.23. The van der Waals surface area contributed by atoms with Gasteiger partial charge in [-0.05, 0) is 12.8 Å². The smallest absolute Gasteiger partial charge is 0.331 e. The predicted octanol–water partition coefficient (Wildman–Crippen LogP) is 3.56. The van der Waals surface area contributed by atoms with E-state index in [4.69, 9.17) is 5.73 Å². The highest BCUT2D eigenvalue weighted by atomic mass is 16.6. The second-order valence-electron chi connectivity index (χ2n) is 6.78. The van der Waals surface area contributed by atoms with Gasteiger partial charge in [-0.3, -0.25) is 14.4 Å². The predicted molar refractivity (Wildman–Crippen MR) is 102 cm³/mol. The van der Waals surface area contributed by atoms with E-state index in [1.165, 1.54) is 0 Å². The lowest BCUT2D eigenvalue weighted by Gasteiger charge is -2.10. The van der Waals surface area contributed by atoms with Crippen LogP contribution in [0.3, 0.4) is 0 Å². The Balaban J connectivity index is 3.93. The molecule has 0 fully saturated rings. The van der Waals surface area contributed by atoms with E-state index in [0.717, 1.165) is 51.4 Å². The number of esters is 4. The van der Waals surface area contributed by atoms with Gasteiger partial charge in [-0.15, -0.1) is 0 Å².